The molecule has 114 valence electrons. The van der Waals surface area contributed by atoms with Crippen molar-refractivity contribution in [2.45, 2.75) is 0 Å². The lowest BCUT2D eigenvalue weighted by Crippen LogP contribution is -2.48. The molecule has 1 saturated heterocycles. The average Bonchev–Trinajstić information content (AvgIpc) is 2.58. The molecule has 5 heteroatoms. The van der Waals surface area contributed by atoms with Gasteiger partial charge in [-0.25, -0.2) is 0 Å². The van der Waals surface area contributed by atoms with Crippen LogP contribution in [-0.4, -0.2) is 37.0 Å². The number of piperazine rings is 1. The molecule has 2 aromatic rings. The van der Waals surface area contributed by atoms with Gasteiger partial charge in [0.2, 0.25) is 0 Å². The van der Waals surface area contributed by atoms with Crippen molar-refractivity contribution in [2.24, 2.45) is 0 Å². The molecule has 2 aromatic carbocycles. The van der Waals surface area contributed by atoms with E-state index in [0.29, 0.717) is 24.5 Å². The summed E-state index contributed by atoms with van der Waals surface area (Å²) in [6.07, 6.45) is 0. The molecule has 1 amide bonds. The standard InChI is InChI=1S/C17H20N4O/c18-15-7-6-14(12-16(15)19)20-8-10-21(11-9-20)17(22)13-4-2-1-3-5-13/h1-7,12H,8-11,18-19H2. The van der Waals surface area contributed by atoms with Crippen LogP contribution in [0.15, 0.2) is 48.5 Å². The molecule has 0 spiro atoms. The summed E-state index contributed by atoms with van der Waals surface area (Å²) in [5.41, 5.74) is 14.6. The minimum atomic E-state index is 0.0945. The Morgan fingerprint density at radius 2 is 1.55 bits per heavy atom. The number of hydrogen-bond donors (Lipinski definition) is 2. The third-order valence-corrected chi connectivity index (χ3v) is 4.02. The lowest BCUT2D eigenvalue weighted by atomic mass is 10.1. The van der Waals surface area contributed by atoms with Crippen LogP contribution in [-0.2, 0) is 0 Å². The second-order valence-electron chi connectivity index (χ2n) is 5.46. The Kier molecular flexibility index (Phi) is 3.87. The Morgan fingerprint density at radius 3 is 2.18 bits per heavy atom. The minimum Gasteiger partial charge on any atom is -0.397 e. The van der Waals surface area contributed by atoms with E-state index in [1.807, 2.05) is 53.4 Å². The Morgan fingerprint density at radius 1 is 0.864 bits per heavy atom. The first-order chi connectivity index (χ1) is 10.6. The fourth-order valence-electron chi connectivity index (χ4n) is 2.69. The van der Waals surface area contributed by atoms with Crippen LogP contribution in [0.2, 0.25) is 0 Å². The highest BCUT2D eigenvalue weighted by Crippen LogP contribution is 2.24. The van der Waals surface area contributed by atoms with Gasteiger partial charge in [-0.3, -0.25) is 4.79 Å². The van der Waals surface area contributed by atoms with E-state index in [1.54, 1.807) is 0 Å². The van der Waals surface area contributed by atoms with E-state index in [9.17, 15) is 4.79 Å². The molecule has 1 fully saturated rings. The first-order valence-electron chi connectivity index (χ1n) is 7.39. The number of carbonyl (C=O) groups is 1. The summed E-state index contributed by atoms with van der Waals surface area (Å²) in [5, 5.41) is 0. The van der Waals surface area contributed by atoms with Gasteiger partial charge < -0.3 is 21.3 Å². The van der Waals surface area contributed by atoms with Gasteiger partial charge in [0.15, 0.2) is 0 Å². The summed E-state index contributed by atoms with van der Waals surface area (Å²) in [5.74, 6) is 0.0945. The van der Waals surface area contributed by atoms with Crippen molar-refractivity contribution in [3.63, 3.8) is 0 Å². The smallest absolute Gasteiger partial charge is 0.253 e. The number of nitrogen functional groups attached to an aromatic ring is 2. The van der Waals surface area contributed by atoms with Gasteiger partial charge in [0, 0.05) is 37.4 Å². The average molecular weight is 296 g/mol. The predicted molar refractivity (Wildman–Crippen MR) is 89.8 cm³/mol. The largest absolute Gasteiger partial charge is 0.397 e. The molecule has 0 aromatic heterocycles. The van der Waals surface area contributed by atoms with E-state index < -0.39 is 0 Å². The zero-order chi connectivity index (χ0) is 15.5. The highest BCUT2D eigenvalue weighted by Gasteiger charge is 2.22. The maximum Gasteiger partial charge on any atom is 0.253 e. The van der Waals surface area contributed by atoms with Gasteiger partial charge in [0.05, 0.1) is 11.4 Å². The number of nitrogens with two attached hydrogens (primary N) is 2. The van der Waals surface area contributed by atoms with Crippen LogP contribution in [0.5, 0.6) is 0 Å². The number of amides is 1. The van der Waals surface area contributed by atoms with Crippen molar-refractivity contribution in [3.8, 4) is 0 Å². The molecule has 0 atom stereocenters. The monoisotopic (exact) mass is 296 g/mol. The molecular weight excluding hydrogens is 276 g/mol. The molecule has 0 radical (unpaired) electrons. The van der Waals surface area contributed by atoms with E-state index in [4.69, 9.17) is 11.5 Å². The molecule has 1 aliphatic heterocycles. The lowest BCUT2D eigenvalue weighted by molar-refractivity contribution is 0.0747. The maximum absolute atomic E-state index is 12.4. The fourth-order valence-corrected chi connectivity index (χ4v) is 2.69. The Balaban J connectivity index is 1.65. The van der Waals surface area contributed by atoms with E-state index in [0.717, 1.165) is 24.3 Å². The summed E-state index contributed by atoms with van der Waals surface area (Å²) in [7, 11) is 0. The lowest BCUT2D eigenvalue weighted by Gasteiger charge is -2.36. The number of anilines is 3. The maximum atomic E-state index is 12.4. The molecule has 0 unspecified atom stereocenters. The van der Waals surface area contributed by atoms with Crippen molar-refractivity contribution in [3.05, 3.63) is 54.1 Å². The van der Waals surface area contributed by atoms with Gasteiger partial charge in [-0.05, 0) is 30.3 Å². The molecule has 22 heavy (non-hydrogen) atoms. The van der Waals surface area contributed by atoms with Crippen LogP contribution in [0.1, 0.15) is 10.4 Å². The molecule has 0 aliphatic carbocycles. The SMILES string of the molecule is Nc1ccc(N2CCN(C(=O)c3ccccc3)CC2)cc1N. The highest BCUT2D eigenvalue weighted by atomic mass is 16.2. The molecule has 0 bridgehead atoms. The summed E-state index contributed by atoms with van der Waals surface area (Å²) < 4.78 is 0. The van der Waals surface area contributed by atoms with Gasteiger partial charge >= 0.3 is 0 Å². The predicted octanol–water partition coefficient (Wildman–Crippen LogP) is 1.81. The Labute approximate surface area is 130 Å². The van der Waals surface area contributed by atoms with Crippen LogP contribution < -0.4 is 16.4 Å². The molecule has 1 aliphatic rings. The molecule has 5 nitrogen and oxygen atoms in total. The van der Waals surface area contributed by atoms with Crippen molar-refractivity contribution in [2.75, 3.05) is 42.5 Å². The summed E-state index contributed by atoms with van der Waals surface area (Å²) in [6, 6.07) is 15.1. The zero-order valence-electron chi connectivity index (χ0n) is 12.4. The summed E-state index contributed by atoms with van der Waals surface area (Å²) in [4.78, 5) is 16.5. The molecule has 3 rings (SSSR count). The number of carbonyl (C=O) groups excluding carboxylic acids is 1. The van der Waals surface area contributed by atoms with Crippen molar-refractivity contribution in [1.82, 2.24) is 4.90 Å². The molecule has 0 saturated carbocycles. The van der Waals surface area contributed by atoms with E-state index in [-0.39, 0.29) is 5.91 Å². The molecule has 1 heterocycles. The first kappa shape index (κ1) is 14.3. The van der Waals surface area contributed by atoms with Crippen molar-refractivity contribution in [1.29, 1.82) is 0 Å². The van der Waals surface area contributed by atoms with Crippen LogP contribution in [0.25, 0.3) is 0 Å². The fraction of sp³-hybridized carbons (Fsp3) is 0.235. The quantitative estimate of drug-likeness (QED) is 0.829. The third kappa shape index (κ3) is 2.83. The van der Waals surface area contributed by atoms with E-state index >= 15 is 0 Å². The van der Waals surface area contributed by atoms with Gasteiger partial charge in [-0.2, -0.15) is 0 Å². The van der Waals surface area contributed by atoms with E-state index in [1.165, 1.54) is 0 Å². The van der Waals surface area contributed by atoms with Crippen molar-refractivity contribution < 1.29 is 4.79 Å². The summed E-state index contributed by atoms with van der Waals surface area (Å²) >= 11 is 0. The Hall–Kier alpha value is -2.69. The topological polar surface area (TPSA) is 75.6 Å². The van der Waals surface area contributed by atoms with Crippen LogP contribution in [0.4, 0.5) is 17.1 Å². The minimum absolute atomic E-state index is 0.0945. The summed E-state index contributed by atoms with van der Waals surface area (Å²) in [6.45, 7) is 3.00. The molecular formula is C17H20N4O. The number of nitrogens with zero attached hydrogens (tertiary/aromatic N) is 2. The first-order valence-corrected chi connectivity index (χ1v) is 7.39. The van der Waals surface area contributed by atoms with Crippen LogP contribution in [0.3, 0.4) is 0 Å². The zero-order valence-corrected chi connectivity index (χ0v) is 12.4. The van der Waals surface area contributed by atoms with E-state index in [2.05, 4.69) is 4.90 Å². The van der Waals surface area contributed by atoms with Crippen molar-refractivity contribution >= 4 is 23.0 Å². The molecule has 4 N–H and O–H groups in total. The van der Waals surface area contributed by atoms with Gasteiger partial charge in [0.25, 0.3) is 5.91 Å². The van der Waals surface area contributed by atoms with Crippen LogP contribution >= 0.6 is 0 Å². The second kappa shape index (κ2) is 5.97. The van der Waals surface area contributed by atoms with Gasteiger partial charge in [-0.1, -0.05) is 18.2 Å². The normalized spacial score (nSPS) is 14.9. The second-order valence-corrected chi connectivity index (χ2v) is 5.46. The van der Waals surface area contributed by atoms with Gasteiger partial charge in [-0.15, -0.1) is 0 Å². The number of benzene rings is 2. The van der Waals surface area contributed by atoms with Gasteiger partial charge in [0.1, 0.15) is 0 Å². The highest BCUT2D eigenvalue weighted by molar-refractivity contribution is 5.94. The Bertz CT molecular complexity index is 664. The third-order valence-electron chi connectivity index (χ3n) is 4.02. The van der Waals surface area contributed by atoms with Crippen LogP contribution in [0, 0.1) is 0 Å². The number of rotatable bonds is 2. The number of hydrogen-bond acceptors (Lipinski definition) is 4.